The summed E-state index contributed by atoms with van der Waals surface area (Å²) in [5.74, 6) is 0.474. The average Bonchev–Trinajstić information content (AvgIpc) is 3.47. The average molecular weight is 466 g/mol. The first-order valence-electron chi connectivity index (χ1n) is 10.8. The molecule has 2 saturated heterocycles. The summed E-state index contributed by atoms with van der Waals surface area (Å²) in [4.78, 5) is 4.51. The van der Waals surface area contributed by atoms with Crippen LogP contribution in [0.15, 0.2) is 54.9 Å². The van der Waals surface area contributed by atoms with Crippen molar-refractivity contribution in [2.45, 2.75) is 43.7 Å². The number of hydrogen-bond donors (Lipinski definition) is 2. The molecule has 4 heterocycles. The number of nitrogens with zero attached hydrogens (tertiary/aromatic N) is 4. The normalized spacial score (nSPS) is 29.8. The van der Waals surface area contributed by atoms with Gasteiger partial charge in [0, 0.05) is 11.3 Å². The smallest absolute Gasteiger partial charge is 0.184 e. The summed E-state index contributed by atoms with van der Waals surface area (Å²) in [5.41, 5.74) is 9.16. The molecule has 0 bridgehead atoms. The first-order valence-corrected chi connectivity index (χ1v) is 11.6. The maximum atomic E-state index is 11.1. The third kappa shape index (κ3) is 3.65. The molecule has 9 nitrogen and oxygen atoms in total. The molecule has 4 aromatic rings. The van der Waals surface area contributed by atoms with E-state index in [9.17, 15) is 5.11 Å². The van der Waals surface area contributed by atoms with Crippen LogP contribution in [0.2, 0.25) is 0 Å². The predicted molar refractivity (Wildman–Crippen MR) is 121 cm³/mol. The zero-order valence-electron chi connectivity index (χ0n) is 17.8. The van der Waals surface area contributed by atoms with Crippen molar-refractivity contribution in [3.8, 4) is 5.69 Å². The van der Waals surface area contributed by atoms with Gasteiger partial charge in [0.05, 0.1) is 27.9 Å². The molecule has 33 heavy (non-hydrogen) atoms. The fourth-order valence-electron chi connectivity index (χ4n) is 4.48. The standard InChI is InChI=1S/C23H23N5O4S/c1-12-26-15-8-7-14(9-17(15)33-12)28-11-25-27-22(28)21-19(29)18(24)20-16(31-21)10-30-23(32-20)13-5-3-2-4-6-13/h2-9,11,16,18-21,23,29H,10,24H2,1H3/t16-,18-,19-,20+,21-,23?/m1/s1. The molecule has 0 radical (unpaired) electrons. The lowest BCUT2D eigenvalue weighted by molar-refractivity contribution is -0.309. The number of aliphatic hydroxyl groups excluding tert-OH is 1. The minimum Gasteiger partial charge on any atom is -0.388 e. The lowest BCUT2D eigenvalue weighted by Gasteiger charge is -2.46. The van der Waals surface area contributed by atoms with Gasteiger partial charge in [-0.2, -0.15) is 0 Å². The van der Waals surface area contributed by atoms with Crippen molar-refractivity contribution in [2.24, 2.45) is 5.73 Å². The second-order valence-electron chi connectivity index (χ2n) is 8.28. The Morgan fingerprint density at radius 1 is 1.15 bits per heavy atom. The lowest BCUT2D eigenvalue weighted by Crippen LogP contribution is -2.62. The summed E-state index contributed by atoms with van der Waals surface area (Å²) >= 11 is 1.62. The van der Waals surface area contributed by atoms with Crippen LogP contribution < -0.4 is 5.73 Å². The van der Waals surface area contributed by atoms with E-state index in [0.717, 1.165) is 26.5 Å². The Kier molecular flexibility index (Phi) is 5.21. The van der Waals surface area contributed by atoms with E-state index in [1.165, 1.54) is 0 Å². The van der Waals surface area contributed by atoms with Crippen molar-refractivity contribution in [3.63, 3.8) is 0 Å². The highest BCUT2D eigenvalue weighted by atomic mass is 32.1. The number of hydrogen-bond acceptors (Lipinski definition) is 9. The number of benzene rings is 2. The van der Waals surface area contributed by atoms with Crippen LogP contribution in [0.1, 0.15) is 28.8 Å². The molecule has 0 amide bonds. The van der Waals surface area contributed by atoms with Crippen LogP contribution in [-0.4, -0.2) is 55.8 Å². The molecule has 2 aromatic carbocycles. The van der Waals surface area contributed by atoms with Crippen molar-refractivity contribution >= 4 is 21.6 Å². The third-order valence-electron chi connectivity index (χ3n) is 6.12. The van der Waals surface area contributed by atoms with Crippen LogP contribution in [0.4, 0.5) is 0 Å². The van der Waals surface area contributed by atoms with Gasteiger partial charge in [-0.3, -0.25) is 4.57 Å². The topological polar surface area (TPSA) is 118 Å². The quantitative estimate of drug-likeness (QED) is 0.474. The Hall–Kier alpha value is -2.73. The Labute approximate surface area is 193 Å². The second-order valence-corrected chi connectivity index (χ2v) is 9.52. The van der Waals surface area contributed by atoms with E-state index >= 15 is 0 Å². The SMILES string of the molecule is Cc1nc2ccc(-n3cnnc3[C@@H]3O[C@@H]4COC(c5ccccc5)O[C@@H]4[C@H](N)[C@H]3O)cc2s1. The summed E-state index contributed by atoms with van der Waals surface area (Å²) in [6.45, 7) is 2.27. The van der Waals surface area contributed by atoms with Gasteiger partial charge < -0.3 is 25.1 Å². The zero-order valence-corrected chi connectivity index (χ0v) is 18.6. The number of aromatic nitrogens is 4. The van der Waals surface area contributed by atoms with Crippen molar-refractivity contribution in [2.75, 3.05) is 6.61 Å². The van der Waals surface area contributed by atoms with E-state index in [4.69, 9.17) is 19.9 Å². The van der Waals surface area contributed by atoms with E-state index in [2.05, 4.69) is 15.2 Å². The van der Waals surface area contributed by atoms with E-state index in [-0.39, 0.29) is 0 Å². The third-order valence-corrected chi connectivity index (χ3v) is 7.06. The highest BCUT2D eigenvalue weighted by Gasteiger charge is 2.49. The van der Waals surface area contributed by atoms with Crippen molar-refractivity contribution in [1.29, 1.82) is 0 Å². The molecule has 2 fully saturated rings. The molecule has 0 spiro atoms. The summed E-state index contributed by atoms with van der Waals surface area (Å²) in [6.07, 6.45) is -1.70. The molecule has 6 rings (SSSR count). The second kappa shape index (κ2) is 8.24. The van der Waals surface area contributed by atoms with E-state index in [0.29, 0.717) is 12.4 Å². The molecule has 0 saturated carbocycles. The van der Waals surface area contributed by atoms with E-state index in [1.54, 1.807) is 17.7 Å². The fourth-order valence-corrected chi connectivity index (χ4v) is 5.34. The zero-order chi connectivity index (χ0) is 22.5. The summed E-state index contributed by atoms with van der Waals surface area (Å²) in [5, 5.41) is 20.4. The first-order chi connectivity index (χ1) is 16.1. The maximum Gasteiger partial charge on any atom is 0.184 e. The van der Waals surface area contributed by atoms with Gasteiger partial charge in [-0.15, -0.1) is 21.5 Å². The van der Waals surface area contributed by atoms with Gasteiger partial charge in [-0.05, 0) is 25.1 Å². The monoisotopic (exact) mass is 465 g/mol. The number of aliphatic hydroxyl groups is 1. The molecule has 170 valence electrons. The van der Waals surface area contributed by atoms with Gasteiger partial charge in [0.15, 0.2) is 12.1 Å². The molecular formula is C23H23N5O4S. The van der Waals surface area contributed by atoms with Crippen molar-refractivity contribution < 1.29 is 19.3 Å². The van der Waals surface area contributed by atoms with Gasteiger partial charge in [0.1, 0.15) is 30.7 Å². The Morgan fingerprint density at radius 3 is 2.85 bits per heavy atom. The fraction of sp³-hybridized carbons (Fsp3) is 0.348. The van der Waals surface area contributed by atoms with Crippen LogP contribution in [0, 0.1) is 6.92 Å². The van der Waals surface area contributed by atoms with Crippen LogP contribution >= 0.6 is 11.3 Å². The van der Waals surface area contributed by atoms with Crippen LogP contribution in [0.5, 0.6) is 0 Å². The van der Waals surface area contributed by atoms with Crippen LogP contribution in [0.3, 0.4) is 0 Å². The van der Waals surface area contributed by atoms with E-state index < -0.39 is 36.7 Å². The highest BCUT2D eigenvalue weighted by Crippen LogP contribution is 2.38. The van der Waals surface area contributed by atoms with Gasteiger partial charge in [-0.25, -0.2) is 4.98 Å². The van der Waals surface area contributed by atoms with Gasteiger partial charge >= 0.3 is 0 Å². The van der Waals surface area contributed by atoms with Crippen LogP contribution in [-0.2, 0) is 14.2 Å². The maximum absolute atomic E-state index is 11.1. The highest BCUT2D eigenvalue weighted by molar-refractivity contribution is 7.18. The molecule has 2 aromatic heterocycles. The van der Waals surface area contributed by atoms with Gasteiger partial charge in [-0.1, -0.05) is 30.3 Å². The minimum absolute atomic E-state index is 0.293. The Bertz CT molecular complexity index is 1280. The van der Waals surface area contributed by atoms with Crippen molar-refractivity contribution in [1.82, 2.24) is 19.7 Å². The summed E-state index contributed by atoms with van der Waals surface area (Å²) in [7, 11) is 0. The molecule has 10 heteroatoms. The van der Waals surface area contributed by atoms with Crippen LogP contribution in [0.25, 0.3) is 15.9 Å². The number of rotatable bonds is 3. The summed E-state index contributed by atoms with van der Waals surface area (Å²) < 4.78 is 21.1. The first kappa shape index (κ1) is 20.8. The van der Waals surface area contributed by atoms with Gasteiger partial charge in [0.25, 0.3) is 0 Å². The molecule has 0 aliphatic carbocycles. The number of ether oxygens (including phenoxy) is 3. The minimum atomic E-state index is -1.03. The lowest BCUT2D eigenvalue weighted by atomic mass is 9.92. The Morgan fingerprint density at radius 2 is 2.00 bits per heavy atom. The molecule has 1 unspecified atom stereocenters. The number of thiazole rings is 1. The number of nitrogens with two attached hydrogens (primary N) is 1. The number of fused-ring (bicyclic) bond motifs is 2. The molecule has 2 aliphatic rings. The largest absolute Gasteiger partial charge is 0.388 e. The number of aryl methyl sites for hydroxylation is 1. The molecule has 6 atom stereocenters. The molecule has 3 N–H and O–H groups in total. The predicted octanol–water partition coefficient (Wildman–Crippen LogP) is 2.43. The van der Waals surface area contributed by atoms with E-state index in [1.807, 2.05) is 60.0 Å². The molecular weight excluding hydrogens is 442 g/mol. The van der Waals surface area contributed by atoms with Crippen molar-refractivity contribution in [3.05, 3.63) is 71.3 Å². The van der Waals surface area contributed by atoms with Gasteiger partial charge in [0.2, 0.25) is 0 Å². The Balaban J connectivity index is 1.27. The molecule has 2 aliphatic heterocycles. The summed E-state index contributed by atoms with van der Waals surface area (Å²) in [6, 6.07) is 14.9.